The van der Waals surface area contributed by atoms with E-state index in [1.54, 1.807) is 47.3 Å². The molecule has 6 N–H and O–H groups in total. The maximum Gasteiger partial charge on any atom is 0.433 e. The molecule has 6 saturated heterocycles. The molecule has 34 heteroatoms. The van der Waals surface area contributed by atoms with E-state index in [1.807, 2.05) is 23.0 Å². The van der Waals surface area contributed by atoms with E-state index in [0.717, 1.165) is 150 Å². The zero-order valence-corrected chi connectivity index (χ0v) is 64.4. The number of pyridine rings is 2. The van der Waals surface area contributed by atoms with Crippen LogP contribution in [0.2, 0.25) is 0 Å². The van der Waals surface area contributed by atoms with E-state index in [4.69, 9.17) is 10.2 Å². The molecule has 4 aromatic heterocycles. The van der Waals surface area contributed by atoms with Gasteiger partial charge in [0, 0.05) is 135 Å². The lowest BCUT2D eigenvalue weighted by Crippen LogP contribution is -2.54. The number of nitrogens with one attached hydrogen (secondary N) is 4. The van der Waals surface area contributed by atoms with Crippen molar-refractivity contribution in [2.45, 2.75) is 158 Å². The van der Waals surface area contributed by atoms with Crippen LogP contribution in [0.1, 0.15) is 207 Å². The second-order valence-electron chi connectivity index (χ2n) is 32.8. The number of aromatic nitrogens is 6. The predicted molar refractivity (Wildman–Crippen MR) is 413 cm³/mol. The Morgan fingerprint density at radius 1 is 0.496 bits per heavy atom. The third-order valence-corrected chi connectivity index (χ3v) is 24.3. The van der Waals surface area contributed by atoms with Crippen LogP contribution < -0.4 is 31.1 Å². The summed E-state index contributed by atoms with van der Waals surface area (Å²) in [7, 11) is 0. The number of carbonyl (C=O) groups is 10. The molecule has 8 aliphatic rings. The quantitative estimate of drug-likeness (QED) is 0.0324. The number of rotatable bonds is 19. The van der Waals surface area contributed by atoms with Gasteiger partial charge < -0.3 is 40.4 Å². The minimum absolute atomic E-state index is 0.0227. The number of benzene rings is 4. The maximum atomic E-state index is 15.1. The van der Waals surface area contributed by atoms with Crippen LogP contribution in [-0.4, -0.2) is 196 Å². The Balaban J connectivity index is 0.564. The van der Waals surface area contributed by atoms with Crippen LogP contribution in [0.3, 0.4) is 0 Å². The van der Waals surface area contributed by atoms with Gasteiger partial charge >= 0.3 is 12.4 Å². The van der Waals surface area contributed by atoms with E-state index in [0.29, 0.717) is 58.6 Å². The highest BCUT2D eigenvalue weighted by Gasteiger charge is 2.48. The number of amides is 10. The number of halogens is 6. The van der Waals surface area contributed by atoms with Crippen LogP contribution in [0.15, 0.2) is 103 Å². The minimum atomic E-state index is -5.13. The third-order valence-electron chi connectivity index (χ3n) is 24.3. The fraction of sp³-hybridized carbons (Fsp3) is 0.446. The van der Waals surface area contributed by atoms with Gasteiger partial charge in [-0.05, 0) is 200 Å². The summed E-state index contributed by atoms with van der Waals surface area (Å²) >= 11 is 0. The molecular weight excluding hydrogens is 1530 g/mol. The molecule has 0 bridgehead atoms. The first-order chi connectivity index (χ1) is 55.6. The second kappa shape index (κ2) is 30.9. The first-order valence-corrected chi connectivity index (χ1v) is 39.6. The molecule has 4 aromatic carbocycles. The lowest BCUT2D eigenvalue weighted by atomic mass is 9.87. The first-order valence-electron chi connectivity index (χ1n) is 39.6. The molecule has 3 atom stereocenters. The van der Waals surface area contributed by atoms with E-state index in [2.05, 4.69) is 50.8 Å². The van der Waals surface area contributed by atoms with Crippen LogP contribution in [-0.2, 0) is 49.2 Å². The van der Waals surface area contributed by atoms with Crippen molar-refractivity contribution in [3.05, 3.63) is 165 Å². The van der Waals surface area contributed by atoms with Crippen molar-refractivity contribution < 1.29 is 84.5 Å². The summed E-state index contributed by atoms with van der Waals surface area (Å²) < 4.78 is 90.6. The maximum absolute atomic E-state index is 15.1. The molecule has 117 heavy (non-hydrogen) atoms. The number of aliphatic hydroxyl groups is 2. The highest BCUT2D eigenvalue weighted by Crippen LogP contribution is 2.42. The molecule has 6 fully saturated rings. The lowest BCUT2D eigenvalue weighted by Gasteiger charge is -2.38. The Morgan fingerprint density at radius 2 is 0.957 bits per heavy atom. The molecule has 8 aliphatic heterocycles. The molecule has 16 rings (SSSR count). The number of nitrogens with zero attached hydrogens (tertiary/aromatic N) is 12. The number of alkyl halides is 6. The standard InChI is InChI=1S/C83H86F6N16O12/c1-80(2,116)58-39-61-48(43-103(96-61)51-22-27-99(28-23-51)42-46-18-31-101(32-19-46)53-8-10-55-57(38-53)79(115)105(77(55)113)67-12-14-71(107)95-75(67)111)35-63(58)92-73(109)65-33-47(34-69(91-65)83(87,88)89)41-81(3,117)59-40-62-49(36-64(59)93-72(108)60-5-4-6-68(90-60)82(84,85)86)44-102(97-62)50-20-25-98(26-21-50)24-15-45-16-29-100(30-17-45)52-7-9-54-56(37-52)78(114)104(76(54)112)66-11-13-70(106)94-74(66)110/h4-10,33-40,43-46,50-51,66-67,116-117H,11-32,41-42H2,1-3H3,(H,92,109)(H,93,108)(H,94,106,110)(H,95,107,111). The van der Waals surface area contributed by atoms with Gasteiger partial charge in [-0.3, -0.25) is 77.7 Å². The van der Waals surface area contributed by atoms with Crippen molar-refractivity contribution >= 4 is 104 Å². The molecule has 28 nitrogen and oxygen atoms in total. The molecular formula is C83H86F6N16O12. The SMILES string of the molecule is CC(C)(O)c1cc2nn(C3CCN(CC4CCN(c5ccc6c(c5)C(=O)N(C5CCC(=O)NC5=O)C6=O)CC4)CC3)cc2cc1NC(=O)c1cc(CC(C)(O)c2cc3nn(C4CCN(CCC5CCN(c6ccc7c(c6)C(=O)N(C6CCC(=O)NC6=O)C7=O)CC5)CC4)cc3cc2NC(=O)c2cccc(C(F)(F)F)n2)cc(C(F)(F)F)n1. The number of fused-ring (bicyclic) bond motifs is 4. The van der Waals surface area contributed by atoms with Gasteiger partial charge in [-0.1, -0.05) is 6.07 Å². The topological polar surface area (TPSA) is 340 Å². The molecule has 8 aromatic rings. The Labute approximate surface area is 666 Å². The number of carbonyl (C=O) groups excluding carboxylic acids is 10. The van der Waals surface area contributed by atoms with Crippen LogP contribution in [0.5, 0.6) is 0 Å². The van der Waals surface area contributed by atoms with Crippen molar-refractivity contribution in [1.29, 1.82) is 0 Å². The van der Waals surface area contributed by atoms with Crippen LogP contribution in [0.4, 0.5) is 49.1 Å². The summed E-state index contributed by atoms with van der Waals surface area (Å²) in [6.07, 6.45) is 0.423. The van der Waals surface area contributed by atoms with E-state index in [9.17, 15) is 71.3 Å². The smallest absolute Gasteiger partial charge is 0.386 e. The first kappa shape index (κ1) is 79.5. The number of hydrogen-bond acceptors (Lipinski definition) is 20. The number of anilines is 4. The average Bonchev–Trinajstić information content (AvgIpc) is 1.64. The van der Waals surface area contributed by atoms with Gasteiger partial charge in [0.05, 0.1) is 56.6 Å². The summed E-state index contributed by atoms with van der Waals surface area (Å²) in [5, 5.41) is 44.9. The monoisotopic (exact) mass is 1610 g/mol. The number of likely N-dealkylation sites (tertiary alicyclic amines) is 2. The van der Waals surface area contributed by atoms with E-state index < -0.39 is 124 Å². The van der Waals surface area contributed by atoms with Gasteiger partial charge in [0.2, 0.25) is 23.6 Å². The second-order valence-corrected chi connectivity index (χ2v) is 32.8. The fourth-order valence-electron chi connectivity index (χ4n) is 17.9. The summed E-state index contributed by atoms with van der Waals surface area (Å²) in [5.74, 6) is -5.86. The van der Waals surface area contributed by atoms with Gasteiger partial charge in [-0.25, -0.2) is 9.97 Å². The molecule has 0 spiro atoms. The van der Waals surface area contributed by atoms with Crippen LogP contribution in [0.25, 0.3) is 21.8 Å². The molecule has 10 amide bonds. The molecule has 0 radical (unpaired) electrons. The molecule has 0 saturated carbocycles. The van der Waals surface area contributed by atoms with Crippen LogP contribution in [0, 0.1) is 11.8 Å². The Hall–Kier alpha value is -11.4. The molecule has 3 unspecified atom stereocenters. The Kier molecular flexibility index (Phi) is 21.0. The highest BCUT2D eigenvalue weighted by molar-refractivity contribution is 6.25. The summed E-state index contributed by atoms with van der Waals surface area (Å²) in [4.78, 5) is 150. The largest absolute Gasteiger partial charge is 0.433 e. The molecule has 0 aliphatic carbocycles. The Bertz CT molecular complexity index is 5390. The summed E-state index contributed by atoms with van der Waals surface area (Å²) in [5.41, 5.74) is -4.88. The molecule has 612 valence electrons. The van der Waals surface area contributed by atoms with Crippen molar-refractivity contribution in [2.24, 2.45) is 11.8 Å². The Morgan fingerprint density at radius 3 is 1.45 bits per heavy atom. The van der Waals surface area contributed by atoms with Gasteiger partial charge in [-0.15, -0.1) is 0 Å². The molecule has 12 heterocycles. The fourth-order valence-corrected chi connectivity index (χ4v) is 17.9. The van der Waals surface area contributed by atoms with E-state index >= 15 is 13.2 Å². The van der Waals surface area contributed by atoms with E-state index in [1.165, 1.54) is 32.9 Å². The lowest BCUT2D eigenvalue weighted by molar-refractivity contribution is -0.142. The van der Waals surface area contributed by atoms with Crippen molar-refractivity contribution in [2.75, 3.05) is 85.9 Å². The normalized spacial score (nSPS) is 20.7. The summed E-state index contributed by atoms with van der Waals surface area (Å²) in [6, 6.07) is 18.7. The highest BCUT2D eigenvalue weighted by atomic mass is 19.4. The van der Waals surface area contributed by atoms with Crippen LogP contribution >= 0.6 is 0 Å². The predicted octanol–water partition coefficient (Wildman–Crippen LogP) is 9.70. The zero-order chi connectivity index (χ0) is 82.5. The van der Waals surface area contributed by atoms with Gasteiger partial charge in [-0.2, -0.15) is 36.5 Å². The van der Waals surface area contributed by atoms with Crippen molar-refractivity contribution in [3.8, 4) is 0 Å². The minimum Gasteiger partial charge on any atom is -0.386 e. The van der Waals surface area contributed by atoms with Gasteiger partial charge in [0.15, 0.2) is 0 Å². The summed E-state index contributed by atoms with van der Waals surface area (Å²) in [6.45, 7) is 11.8. The zero-order valence-electron chi connectivity index (χ0n) is 64.4. The number of imide groups is 4. The number of hydrogen-bond donors (Lipinski definition) is 6. The van der Waals surface area contributed by atoms with Crippen molar-refractivity contribution in [3.63, 3.8) is 0 Å². The number of piperidine rings is 6. The third kappa shape index (κ3) is 16.2. The van der Waals surface area contributed by atoms with Gasteiger partial charge in [0.1, 0.15) is 34.9 Å². The van der Waals surface area contributed by atoms with E-state index in [-0.39, 0.29) is 88.1 Å². The van der Waals surface area contributed by atoms with Gasteiger partial charge in [0.25, 0.3) is 35.4 Å². The average molecular weight is 1610 g/mol. The van der Waals surface area contributed by atoms with Crippen molar-refractivity contribution in [1.82, 2.24) is 59.8 Å².